The first kappa shape index (κ1) is 32.7. The van der Waals surface area contributed by atoms with Crippen molar-refractivity contribution in [1.82, 2.24) is 29.6 Å². The Balaban J connectivity index is 1.29. The summed E-state index contributed by atoms with van der Waals surface area (Å²) in [6.07, 6.45) is 4.56. The van der Waals surface area contributed by atoms with Crippen LogP contribution in [0.15, 0.2) is 22.5 Å². The lowest BCUT2D eigenvalue weighted by Crippen LogP contribution is -2.59. The first-order chi connectivity index (χ1) is 20.0. The van der Waals surface area contributed by atoms with Crippen LogP contribution in [0.3, 0.4) is 0 Å². The standard InChI is InChI=1S/C28H44ClN7O4S2/c1-4-30-28(31-11-6-12-33(2)3)36-18-21-15-22(19-36)17-35(16-21)26(37)20-34-13-5-7-24(27(34)38)32-42(39,40)14-10-23-8-9-25(29)41-23/h8-10,14,21-22,24,32H,4-7,11-13,15-20H2,1-3H3,(H,30,31)/b14-10+. The summed E-state index contributed by atoms with van der Waals surface area (Å²) in [4.78, 5) is 40.0. The van der Waals surface area contributed by atoms with E-state index in [0.717, 1.165) is 56.9 Å². The van der Waals surface area contributed by atoms with Crippen LogP contribution in [0.2, 0.25) is 4.34 Å². The van der Waals surface area contributed by atoms with Crippen molar-refractivity contribution in [2.24, 2.45) is 16.8 Å². The van der Waals surface area contributed by atoms with E-state index in [-0.39, 0.29) is 18.4 Å². The normalized spacial score (nSPS) is 23.7. The molecule has 14 heteroatoms. The molecule has 4 rings (SSSR count). The van der Waals surface area contributed by atoms with E-state index in [1.165, 1.54) is 22.3 Å². The Bertz CT molecular complexity index is 1240. The van der Waals surface area contributed by atoms with Gasteiger partial charge in [0.05, 0.1) is 10.9 Å². The van der Waals surface area contributed by atoms with E-state index in [1.807, 2.05) is 4.90 Å². The highest BCUT2D eigenvalue weighted by Crippen LogP contribution is 2.29. The summed E-state index contributed by atoms with van der Waals surface area (Å²) in [5, 5.41) is 4.49. The highest BCUT2D eigenvalue weighted by Gasteiger charge is 2.38. The molecule has 0 spiro atoms. The minimum atomic E-state index is -3.85. The van der Waals surface area contributed by atoms with Gasteiger partial charge >= 0.3 is 0 Å². The molecule has 3 aliphatic rings. The van der Waals surface area contributed by atoms with E-state index in [4.69, 9.17) is 16.6 Å². The van der Waals surface area contributed by atoms with Gasteiger partial charge in [0.25, 0.3) is 0 Å². The summed E-state index contributed by atoms with van der Waals surface area (Å²) < 4.78 is 28.3. The SMILES string of the molecule is CCNC(=NCCCN(C)C)N1CC2CC(CN(C(=O)CN3CCCC(NS(=O)(=O)/C=C/c4ccc(Cl)s4)C3=O)C2)C1. The second-order valence-electron chi connectivity index (χ2n) is 11.6. The van der Waals surface area contributed by atoms with Crippen LogP contribution in [0, 0.1) is 11.8 Å². The average Bonchev–Trinajstić information content (AvgIpc) is 3.35. The molecule has 0 saturated carbocycles. The number of nitrogens with zero attached hydrogens (tertiary/aromatic N) is 5. The van der Waals surface area contributed by atoms with Gasteiger partial charge in [-0.2, -0.15) is 4.72 Å². The summed E-state index contributed by atoms with van der Waals surface area (Å²) in [5.41, 5.74) is 0. The van der Waals surface area contributed by atoms with E-state index >= 15 is 0 Å². The molecule has 11 nitrogen and oxygen atoms in total. The Hall–Kier alpha value is -2.19. The first-order valence-corrected chi connectivity index (χ1v) is 17.5. The van der Waals surface area contributed by atoms with Gasteiger partial charge in [-0.1, -0.05) is 11.6 Å². The lowest BCUT2D eigenvalue weighted by molar-refractivity contribution is -0.145. The van der Waals surface area contributed by atoms with Crippen LogP contribution in [0.5, 0.6) is 0 Å². The van der Waals surface area contributed by atoms with Gasteiger partial charge in [0.1, 0.15) is 6.04 Å². The lowest BCUT2D eigenvalue weighted by Gasteiger charge is -2.47. The summed E-state index contributed by atoms with van der Waals surface area (Å²) in [5.74, 6) is 1.21. The fourth-order valence-corrected chi connectivity index (χ4v) is 8.01. The van der Waals surface area contributed by atoms with E-state index in [2.05, 4.69) is 40.9 Å². The third-order valence-electron chi connectivity index (χ3n) is 7.76. The third kappa shape index (κ3) is 9.40. The Morgan fingerprint density at radius 1 is 1.19 bits per heavy atom. The summed E-state index contributed by atoms with van der Waals surface area (Å²) in [7, 11) is 0.290. The summed E-state index contributed by atoms with van der Waals surface area (Å²) in [6, 6.07) is 2.54. The molecule has 3 saturated heterocycles. The molecule has 0 radical (unpaired) electrons. The molecule has 2 N–H and O–H groups in total. The van der Waals surface area contributed by atoms with Crippen LogP contribution < -0.4 is 10.0 Å². The Morgan fingerprint density at radius 3 is 2.55 bits per heavy atom. The van der Waals surface area contributed by atoms with Gasteiger partial charge in [0.2, 0.25) is 21.8 Å². The topological polar surface area (TPSA) is 118 Å². The Morgan fingerprint density at radius 2 is 1.90 bits per heavy atom. The van der Waals surface area contributed by atoms with Gasteiger partial charge in [-0.25, -0.2) is 8.42 Å². The van der Waals surface area contributed by atoms with Crippen molar-refractivity contribution in [3.8, 4) is 0 Å². The van der Waals surface area contributed by atoms with E-state index in [1.54, 1.807) is 12.1 Å². The maximum atomic E-state index is 13.4. The molecule has 3 aliphatic heterocycles. The monoisotopic (exact) mass is 641 g/mol. The molecule has 2 amide bonds. The zero-order valence-corrected chi connectivity index (χ0v) is 27.2. The number of aliphatic imine (C=N–C) groups is 1. The van der Waals surface area contributed by atoms with Gasteiger partial charge in [0.15, 0.2) is 5.96 Å². The van der Waals surface area contributed by atoms with Gasteiger partial charge in [-0.3, -0.25) is 14.6 Å². The molecule has 3 fully saturated rings. The maximum Gasteiger partial charge on any atom is 0.242 e. The number of sulfonamides is 1. The number of amides is 2. The van der Waals surface area contributed by atoms with Crippen molar-refractivity contribution >= 4 is 56.8 Å². The molecule has 3 unspecified atom stereocenters. The van der Waals surface area contributed by atoms with Crippen molar-refractivity contribution in [2.75, 3.05) is 73.0 Å². The highest BCUT2D eigenvalue weighted by atomic mass is 35.5. The van der Waals surface area contributed by atoms with E-state index in [0.29, 0.717) is 53.5 Å². The van der Waals surface area contributed by atoms with E-state index in [9.17, 15) is 18.0 Å². The van der Waals surface area contributed by atoms with Gasteiger partial charge in [0, 0.05) is 56.1 Å². The van der Waals surface area contributed by atoms with Crippen LogP contribution in [-0.2, 0) is 19.6 Å². The summed E-state index contributed by atoms with van der Waals surface area (Å²) in [6.45, 7) is 8.08. The second-order valence-corrected chi connectivity index (χ2v) is 15.0. The van der Waals surface area contributed by atoms with Gasteiger partial charge < -0.3 is 24.9 Å². The number of thiophene rings is 1. The number of hydrogen-bond donors (Lipinski definition) is 2. The fraction of sp³-hybridized carbons (Fsp3) is 0.679. The number of guanidine groups is 1. The van der Waals surface area contributed by atoms with Crippen molar-refractivity contribution in [3.63, 3.8) is 0 Å². The van der Waals surface area contributed by atoms with Crippen molar-refractivity contribution in [3.05, 3.63) is 26.8 Å². The maximum absolute atomic E-state index is 13.4. The highest BCUT2D eigenvalue weighted by molar-refractivity contribution is 7.92. The predicted octanol–water partition coefficient (Wildman–Crippen LogP) is 1.98. The molecule has 0 aromatic carbocycles. The summed E-state index contributed by atoms with van der Waals surface area (Å²) >= 11 is 7.18. The number of fused-ring (bicyclic) bond motifs is 2. The molecule has 1 aromatic heterocycles. The second kappa shape index (κ2) is 15.0. The molecule has 0 aliphatic carbocycles. The minimum absolute atomic E-state index is 0.0281. The predicted molar refractivity (Wildman–Crippen MR) is 169 cm³/mol. The van der Waals surface area contributed by atoms with Crippen molar-refractivity contribution in [1.29, 1.82) is 0 Å². The average molecular weight is 642 g/mol. The minimum Gasteiger partial charge on any atom is -0.357 e. The number of carbonyl (C=O) groups excluding carboxylic acids is 2. The molecule has 4 heterocycles. The van der Waals surface area contributed by atoms with Crippen molar-refractivity contribution in [2.45, 2.75) is 38.6 Å². The van der Waals surface area contributed by atoms with Gasteiger partial charge in [-0.15, -0.1) is 11.3 Å². The zero-order chi connectivity index (χ0) is 30.3. The number of rotatable bonds is 11. The lowest BCUT2D eigenvalue weighted by atomic mass is 9.84. The Kier molecular flexibility index (Phi) is 11.7. The molecular formula is C28H44ClN7O4S2. The molecule has 3 atom stereocenters. The van der Waals surface area contributed by atoms with E-state index < -0.39 is 16.1 Å². The number of likely N-dealkylation sites (tertiary alicyclic amines) is 3. The van der Waals surface area contributed by atoms with Crippen LogP contribution in [-0.4, -0.2) is 125 Å². The van der Waals surface area contributed by atoms with Crippen LogP contribution in [0.1, 0.15) is 37.5 Å². The van der Waals surface area contributed by atoms with Crippen LogP contribution >= 0.6 is 22.9 Å². The molecular weight excluding hydrogens is 598 g/mol. The number of nitrogens with one attached hydrogen (secondary N) is 2. The van der Waals surface area contributed by atoms with Gasteiger partial charge in [-0.05, 0) is 83.3 Å². The number of carbonyl (C=O) groups is 2. The number of halogens is 1. The third-order valence-corrected chi connectivity index (χ3v) is 10.1. The number of piperidine rings is 3. The molecule has 1 aromatic rings. The van der Waals surface area contributed by atoms with Crippen molar-refractivity contribution < 1.29 is 18.0 Å². The van der Waals surface area contributed by atoms with Crippen LogP contribution in [0.25, 0.3) is 6.08 Å². The number of hydrogen-bond acceptors (Lipinski definition) is 7. The molecule has 2 bridgehead atoms. The first-order valence-electron chi connectivity index (χ1n) is 14.7. The fourth-order valence-electron chi connectivity index (χ4n) is 5.94. The Labute approximate surface area is 259 Å². The molecule has 234 valence electrons. The largest absolute Gasteiger partial charge is 0.357 e. The van der Waals surface area contributed by atoms with Crippen LogP contribution in [0.4, 0.5) is 0 Å². The molecule has 42 heavy (non-hydrogen) atoms. The smallest absolute Gasteiger partial charge is 0.242 e. The quantitative estimate of drug-likeness (QED) is 0.216. The zero-order valence-electron chi connectivity index (χ0n) is 24.8.